The minimum atomic E-state index is -2.20. The Labute approximate surface area is 315 Å². The van der Waals surface area contributed by atoms with Crippen molar-refractivity contribution < 1.29 is 27.0 Å². The van der Waals surface area contributed by atoms with Gasteiger partial charge in [0.05, 0.1) is 0 Å². The summed E-state index contributed by atoms with van der Waals surface area (Å²) in [4.78, 5) is 14.8. The zero-order chi connectivity index (χ0) is 38.4. The molecule has 2 aromatic carbocycles. The van der Waals surface area contributed by atoms with E-state index < -0.39 is 37.3 Å². The summed E-state index contributed by atoms with van der Waals surface area (Å²) in [5.74, 6) is 6.01. The van der Waals surface area contributed by atoms with E-state index in [0.717, 1.165) is 52.8 Å². The van der Waals surface area contributed by atoms with Gasteiger partial charge in [0, 0.05) is 36.1 Å². The average molecular weight is 898 g/mol. The minimum absolute atomic E-state index is 0. The summed E-state index contributed by atoms with van der Waals surface area (Å²) in [5.41, 5.74) is 4.91. The van der Waals surface area contributed by atoms with Crippen molar-refractivity contribution in [1.82, 2.24) is 15.0 Å². The number of benzene rings is 2. The summed E-state index contributed by atoms with van der Waals surface area (Å²) in [6.07, 6.45) is 0.744. The molecule has 0 aliphatic heterocycles. The molecule has 0 saturated carbocycles. The van der Waals surface area contributed by atoms with Crippen LogP contribution in [-0.2, 0) is 32.9 Å². The molecule has 0 spiro atoms. The summed E-state index contributed by atoms with van der Waals surface area (Å²) < 4.78 is 44.8. The number of thiophene rings is 1. The molecule has 0 amide bonds. The standard InChI is InChI=1S/C24H25N2S.C18H24GeN.Ir/c1-15(2)20-10-9-18-17-7-6-8-19(22(17)27-23(18)26-20)21-13-16(11-12-25-21)14-24(3,4)5;1-14(2)11-16-12-18(15-9-7-6-8-10-15)20-13-17(16)19(3,4)5;/h6-7,9-13,15H,14H2,1-5H3;6-9,12-14H,11H2,1-5H3;/q2*-1;/i14D2,15D;11D2;. The zero-order valence-corrected chi connectivity index (χ0v) is 35.0. The van der Waals surface area contributed by atoms with Gasteiger partial charge in [0.15, 0.2) is 0 Å². The Morgan fingerprint density at radius 3 is 2.31 bits per heavy atom. The third-order valence-corrected chi connectivity index (χ3v) is 12.8. The fraction of sp³-hybridized carbons (Fsp3) is 0.357. The van der Waals surface area contributed by atoms with Crippen molar-refractivity contribution in [2.75, 3.05) is 0 Å². The van der Waals surface area contributed by atoms with E-state index in [1.54, 1.807) is 23.6 Å². The molecule has 0 saturated heterocycles. The van der Waals surface area contributed by atoms with E-state index in [1.165, 1.54) is 0 Å². The van der Waals surface area contributed by atoms with E-state index in [0.29, 0.717) is 11.3 Å². The molecule has 0 atom stereocenters. The van der Waals surface area contributed by atoms with Crippen LogP contribution in [0.5, 0.6) is 0 Å². The molecule has 0 aliphatic rings. The monoisotopic (exact) mass is 899 g/mol. The van der Waals surface area contributed by atoms with Crippen LogP contribution in [0, 0.1) is 23.5 Å². The number of fused-ring (bicyclic) bond motifs is 3. The van der Waals surface area contributed by atoms with Crippen LogP contribution in [0.4, 0.5) is 0 Å². The molecule has 1 radical (unpaired) electrons. The largest absolute Gasteiger partial charge is 0 e. The van der Waals surface area contributed by atoms with Crippen molar-refractivity contribution in [2.24, 2.45) is 11.3 Å². The van der Waals surface area contributed by atoms with Gasteiger partial charge in [-0.3, -0.25) is 0 Å². The Kier molecular flexibility index (Phi) is 10.4. The summed E-state index contributed by atoms with van der Waals surface area (Å²) in [6.45, 7) is 13.3. The molecule has 6 rings (SSSR count). The fourth-order valence-corrected chi connectivity index (χ4v) is 9.48. The van der Waals surface area contributed by atoms with Gasteiger partial charge in [-0.15, -0.1) is 23.8 Å². The molecule has 0 unspecified atom stereocenters. The molecule has 0 fully saturated rings. The molecule has 0 aliphatic carbocycles. The van der Waals surface area contributed by atoms with Crippen molar-refractivity contribution in [3.63, 3.8) is 0 Å². The normalized spacial score (nSPS) is 14.3. The van der Waals surface area contributed by atoms with Crippen molar-refractivity contribution in [1.29, 1.82) is 0 Å². The molecule has 6 aromatic rings. The first-order valence-corrected chi connectivity index (χ1v) is 24.4. The van der Waals surface area contributed by atoms with Crippen LogP contribution < -0.4 is 4.40 Å². The minimum Gasteiger partial charge on any atom is 0 e. The molecule has 3 nitrogen and oxygen atoms in total. The first-order valence-electron chi connectivity index (χ1n) is 18.7. The van der Waals surface area contributed by atoms with Gasteiger partial charge in [0.2, 0.25) is 0 Å². The predicted molar refractivity (Wildman–Crippen MR) is 206 cm³/mol. The van der Waals surface area contributed by atoms with Crippen molar-refractivity contribution >= 4 is 49.3 Å². The molecule has 0 bridgehead atoms. The van der Waals surface area contributed by atoms with Gasteiger partial charge in [-0.05, 0) is 45.6 Å². The van der Waals surface area contributed by atoms with Crippen molar-refractivity contribution in [3.05, 3.63) is 108 Å². The number of hydrogen-bond donors (Lipinski definition) is 0. The average Bonchev–Trinajstić information content (AvgIpc) is 3.46. The van der Waals surface area contributed by atoms with Crippen LogP contribution in [-0.4, -0.2) is 28.2 Å². The van der Waals surface area contributed by atoms with Gasteiger partial charge >= 0.3 is 128 Å². The predicted octanol–water partition coefficient (Wildman–Crippen LogP) is 11.3. The third-order valence-electron chi connectivity index (χ3n) is 7.49. The second-order valence-electron chi connectivity index (χ2n) is 14.5. The van der Waals surface area contributed by atoms with Gasteiger partial charge in [-0.1, -0.05) is 57.7 Å². The van der Waals surface area contributed by atoms with Crippen molar-refractivity contribution in [3.8, 4) is 22.5 Å². The molecule has 4 heterocycles. The summed E-state index contributed by atoms with van der Waals surface area (Å²) in [7, 11) is 0. The molecular formula is C42H49GeIrN3S-2. The number of aromatic nitrogens is 3. The van der Waals surface area contributed by atoms with E-state index >= 15 is 0 Å². The van der Waals surface area contributed by atoms with Crippen molar-refractivity contribution in [2.45, 2.75) is 84.4 Å². The van der Waals surface area contributed by atoms with Crippen LogP contribution in [0.2, 0.25) is 17.3 Å². The third kappa shape index (κ3) is 9.50. The number of hydrogen-bond acceptors (Lipinski definition) is 4. The number of nitrogens with zero attached hydrogens (tertiary/aromatic N) is 3. The van der Waals surface area contributed by atoms with Gasteiger partial charge in [0.1, 0.15) is 4.83 Å². The molecule has 253 valence electrons. The van der Waals surface area contributed by atoms with Crippen LogP contribution in [0.1, 0.15) is 78.0 Å². The van der Waals surface area contributed by atoms with Gasteiger partial charge in [-0.2, -0.15) is 11.3 Å². The van der Waals surface area contributed by atoms with E-state index in [4.69, 9.17) is 11.8 Å². The van der Waals surface area contributed by atoms with Gasteiger partial charge < -0.3 is 4.98 Å². The molecule has 0 N–H and O–H groups in total. The Bertz CT molecular complexity index is 2200. The summed E-state index contributed by atoms with van der Waals surface area (Å²) >= 11 is -0.630. The van der Waals surface area contributed by atoms with Gasteiger partial charge in [0.25, 0.3) is 0 Å². The Hall–Kier alpha value is -2.70. The van der Waals surface area contributed by atoms with Crippen LogP contribution in [0.3, 0.4) is 0 Å². The maximum atomic E-state index is 8.61. The molecule has 48 heavy (non-hydrogen) atoms. The Morgan fingerprint density at radius 1 is 0.896 bits per heavy atom. The maximum absolute atomic E-state index is 8.61. The Morgan fingerprint density at radius 2 is 1.67 bits per heavy atom. The topological polar surface area (TPSA) is 38.7 Å². The number of rotatable bonds is 7. The smallest absolute Gasteiger partial charge is 0 e. The van der Waals surface area contributed by atoms with Crippen LogP contribution >= 0.6 is 11.3 Å². The van der Waals surface area contributed by atoms with Gasteiger partial charge in [-0.25, -0.2) is 4.98 Å². The first-order chi connectivity index (χ1) is 24.0. The van der Waals surface area contributed by atoms with E-state index in [9.17, 15) is 0 Å². The molecule has 6 heteroatoms. The Balaban J connectivity index is 0.000000244. The van der Waals surface area contributed by atoms with E-state index in [2.05, 4.69) is 39.4 Å². The summed E-state index contributed by atoms with van der Waals surface area (Å²) in [6, 6.07) is 27.6. The second kappa shape index (κ2) is 15.9. The second-order valence-corrected chi connectivity index (χ2v) is 26.1. The molecular weight excluding hydrogens is 843 g/mol. The SMILES string of the molecule is [2H]C(C)(C)c1ccc2c(n1)sc1c(-c3cc(C([2H])([2H])C(C)(C)C)ccn3)[c-]ccc12.[2H]C([2H])(c1cc(-c2[c-]cccc2)nc[c]1[Ge]([CH3])([CH3])[CH3])C(C)C.[Ir]. The van der Waals surface area contributed by atoms with E-state index in [1.807, 2.05) is 115 Å². The first kappa shape index (κ1) is 31.3. The van der Waals surface area contributed by atoms with E-state index in [-0.39, 0.29) is 26.0 Å². The van der Waals surface area contributed by atoms with Crippen LogP contribution in [0.25, 0.3) is 42.8 Å². The maximum Gasteiger partial charge on any atom is 0 e. The molecule has 4 aromatic heterocycles. The van der Waals surface area contributed by atoms with Crippen LogP contribution in [0.15, 0.2) is 79.1 Å². The zero-order valence-electron chi connectivity index (χ0n) is 34.7. The number of pyridine rings is 3. The summed E-state index contributed by atoms with van der Waals surface area (Å²) in [5, 5.41) is 2.14. The quantitative estimate of drug-likeness (QED) is 0.118. The fourth-order valence-electron chi connectivity index (χ4n) is 5.35.